The molecule has 142 valence electrons. The number of ether oxygens (including phenoxy) is 2. The van der Waals surface area contributed by atoms with Crippen LogP contribution in [0.4, 0.5) is 11.4 Å². The third-order valence-electron chi connectivity index (χ3n) is 4.31. The second-order valence-corrected chi connectivity index (χ2v) is 6.24. The molecule has 0 saturated carbocycles. The molecule has 0 unspecified atom stereocenters. The van der Waals surface area contributed by atoms with Crippen LogP contribution in [-0.2, 0) is 4.79 Å². The molecule has 8 nitrogen and oxygen atoms in total. The summed E-state index contributed by atoms with van der Waals surface area (Å²) in [6, 6.07) is 9.90. The number of rotatable bonds is 4. The van der Waals surface area contributed by atoms with Crippen LogP contribution >= 0.6 is 0 Å². The van der Waals surface area contributed by atoms with Gasteiger partial charge in [0.1, 0.15) is 30.5 Å². The Morgan fingerprint density at radius 2 is 1.86 bits per heavy atom. The maximum absolute atomic E-state index is 12.5. The molecule has 0 radical (unpaired) electrons. The first-order valence-electron chi connectivity index (χ1n) is 8.47. The van der Waals surface area contributed by atoms with E-state index in [1.807, 2.05) is 32.0 Å². The molecule has 2 aromatic rings. The normalized spacial score (nSPS) is 12.8. The van der Waals surface area contributed by atoms with Crippen molar-refractivity contribution in [3.8, 4) is 17.6 Å². The van der Waals surface area contributed by atoms with Crippen molar-refractivity contribution in [3.63, 3.8) is 0 Å². The molecule has 1 heterocycles. The highest BCUT2D eigenvalue weighted by Crippen LogP contribution is 2.39. The number of amides is 1. The largest absolute Gasteiger partial charge is 0.486 e. The minimum Gasteiger partial charge on any atom is -0.486 e. The molecule has 28 heavy (non-hydrogen) atoms. The molecule has 1 amide bonds. The minimum atomic E-state index is -0.750. The molecule has 0 bridgehead atoms. The van der Waals surface area contributed by atoms with Crippen LogP contribution in [0.25, 0.3) is 6.08 Å². The Hall–Kier alpha value is -3.86. The van der Waals surface area contributed by atoms with Gasteiger partial charge in [-0.15, -0.1) is 0 Å². The van der Waals surface area contributed by atoms with Crippen molar-refractivity contribution in [1.82, 2.24) is 0 Å². The minimum absolute atomic E-state index is 0.0690. The molecular weight excluding hydrogens is 362 g/mol. The highest BCUT2D eigenvalue weighted by atomic mass is 16.6. The number of carbonyl (C=O) groups is 1. The van der Waals surface area contributed by atoms with E-state index < -0.39 is 10.8 Å². The van der Waals surface area contributed by atoms with Crippen molar-refractivity contribution in [2.45, 2.75) is 13.8 Å². The van der Waals surface area contributed by atoms with E-state index in [1.54, 1.807) is 6.07 Å². The van der Waals surface area contributed by atoms with Gasteiger partial charge in [0.25, 0.3) is 11.6 Å². The molecule has 0 spiro atoms. The number of nitrogens with one attached hydrogen (secondary N) is 1. The van der Waals surface area contributed by atoms with E-state index >= 15 is 0 Å². The van der Waals surface area contributed by atoms with Gasteiger partial charge in [0.05, 0.1) is 11.0 Å². The fourth-order valence-electron chi connectivity index (χ4n) is 2.69. The zero-order chi connectivity index (χ0) is 20.3. The summed E-state index contributed by atoms with van der Waals surface area (Å²) >= 11 is 0. The van der Waals surface area contributed by atoms with Crippen LogP contribution in [0, 0.1) is 35.3 Å². The Balaban J connectivity index is 1.92. The number of anilines is 1. The first-order chi connectivity index (χ1) is 13.4. The predicted molar refractivity (Wildman–Crippen MR) is 102 cm³/mol. The van der Waals surface area contributed by atoms with Crippen molar-refractivity contribution in [3.05, 3.63) is 62.7 Å². The Bertz CT molecular complexity index is 1040. The van der Waals surface area contributed by atoms with Gasteiger partial charge in [-0.3, -0.25) is 14.9 Å². The Morgan fingerprint density at radius 3 is 2.46 bits per heavy atom. The first kappa shape index (κ1) is 18.9. The van der Waals surface area contributed by atoms with Gasteiger partial charge in [-0.1, -0.05) is 18.2 Å². The third kappa shape index (κ3) is 3.94. The third-order valence-corrected chi connectivity index (χ3v) is 4.31. The maximum Gasteiger partial charge on any atom is 0.296 e. The van der Waals surface area contributed by atoms with Crippen molar-refractivity contribution >= 4 is 23.4 Å². The van der Waals surface area contributed by atoms with E-state index in [-0.39, 0.29) is 29.3 Å². The number of hydrogen-bond acceptors (Lipinski definition) is 6. The van der Waals surface area contributed by atoms with E-state index in [9.17, 15) is 20.2 Å². The summed E-state index contributed by atoms with van der Waals surface area (Å²) in [6.07, 6.45) is 1.44. The lowest BCUT2D eigenvalue weighted by Gasteiger charge is -2.19. The smallest absolute Gasteiger partial charge is 0.296 e. The molecule has 1 aliphatic rings. The van der Waals surface area contributed by atoms with Crippen LogP contribution in [0.5, 0.6) is 11.5 Å². The first-order valence-corrected chi connectivity index (χ1v) is 8.47. The standard InChI is InChI=1S/C20H17N3O5/c1-12-3-4-14(7-13(12)2)8-15(11-21)20(24)22-16-9-18-19(28-6-5-27-18)10-17(16)23(25)26/h3-4,7-10H,5-6H2,1-2H3,(H,22,24)/b15-8-. The summed E-state index contributed by atoms with van der Waals surface area (Å²) in [5.41, 5.74) is 2.21. The average molecular weight is 379 g/mol. The Morgan fingerprint density at radius 1 is 1.18 bits per heavy atom. The summed E-state index contributed by atoms with van der Waals surface area (Å²) in [5, 5.41) is 23.2. The van der Waals surface area contributed by atoms with Crippen LogP contribution < -0.4 is 14.8 Å². The van der Waals surface area contributed by atoms with E-state index in [0.717, 1.165) is 11.1 Å². The monoisotopic (exact) mass is 379 g/mol. The molecule has 0 atom stereocenters. The summed E-state index contributed by atoms with van der Waals surface area (Å²) in [4.78, 5) is 23.3. The van der Waals surface area contributed by atoms with E-state index in [0.29, 0.717) is 17.9 Å². The van der Waals surface area contributed by atoms with Gasteiger partial charge in [0, 0.05) is 6.07 Å². The summed E-state index contributed by atoms with van der Waals surface area (Å²) in [7, 11) is 0. The van der Waals surface area contributed by atoms with Gasteiger partial charge in [0.15, 0.2) is 11.5 Å². The SMILES string of the molecule is Cc1ccc(/C=C(/C#N)C(=O)Nc2cc3c(cc2[N+](=O)[O-])OCCO3)cc1C. The predicted octanol–water partition coefficient (Wildman–Crippen LogP) is 3.53. The number of aryl methyl sites for hydroxylation is 2. The average Bonchev–Trinajstić information content (AvgIpc) is 2.68. The van der Waals surface area contributed by atoms with E-state index in [4.69, 9.17) is 9.47 Å². The molecule has 0 aliphatic carbocycles. The Kier molecular flexibility index (Phi) is 5.27. The number of nitro groups is 1. The molecule has 8 heteroatoms. The second kappa shape index (κ2) is 7.80. The molecule has 2 aromatic carbocycles. The van der Waals surface area contributed by atoms with Gasteiger partial charge in [0.2, 0.25) is 0 Å². The Labute approximate surface area is 161 Å². The maximum atomic E-state index is 12.5. The van der Waals surface area contributed by atoms with E-state index in [1.165, 1.54) is 18.2 Å². The zero-order valence-electron chi connectivity index (χ0n) is 15.3. The molecule has 0 aromatic heterocycles. The highest BCUT2D eigenvalue weighted by Gasteiger charge is 2.24. The van der Waals surface area contributed by atoms with Gasteiger partial charge >= 0.3 is 0 Å². The number of benzene rings is 2. The summed E-state index contributed by atoms with van der Waals surface area (Å²) in [5.74, 6) is -0.216. The van der Waals surface area contributed by atoms with Crippen LogP contribution in [0.1, 0.15) is 16.7 Å². The lowest BCUT2D eigenvalue weighted by Crippen LogP contribution is -2.18. The fourth-order valence-corrected chi connectivity index (χ4v) is 2.69. The molecule has 1 aliphatic heterocycles. The van der Waals surface area contributed by atoms with Crippen molar-refractivity contribution < 1.29 is 19.2 Å². The van der Waals surface area contributed by atoms with Gasteiger partial charge in [-0.05, 0) is 36.6 Å². The van der Waals surface area contributed by atoms with Crippen LogP contribution in [0.2, 0.25) is 0 Å². The number of fused-ring (bicyclic) bond motifs is 1. The quantitative estimate of drug-likeness (QED) is 0.376. The van der Waals surface area contributed by atoms with Crippen LogP contribution in [0.15, 0.2) is 35.9 Å². The lowest BCUT2D eigenvalue weighted by atomic mass is 10.0. The van der Waals surface area contributed by atoms with Crippen LogP contribution in [0.3, 0.4) is 0 Å². The fraction of sp³-hybridized carbons (Fsp3) is 0.200. The number of nitrogens with zero attached hydrogens (tertiary/aromatic N) is 2. The topological polar surface area (TPSA) is 114 Å². The number of nitriles is 1. The van der Waals surface area contributed by atoms with Crippen molar-refractivity contribution in [2.24, 2.45) is 0 Å². The van der Waals surface area contributed by atoms with Gasteiger partial charge in [-0.2, -0.15) is 5.26 Å². The molecule has 1 N–H and O–H groups in total. The second-order valence-electron chi connectivity index (χ2n) is 6.24. The summed E-state index contributed by atoms with van der Waals surface area (Å²) in [6.45, 7) is 4.47. The van der Waals surface area contributed by atoms with Crippen molar-refractivity contribution in [1.29, 1.82) is 5.26 Å². The van der Waals surface area contributed by atoms with Gasteiger partial charge < -0.3 is 14.8 Å². The number of carbonyl (C=O) groups excluding carboxylic acids is 1. The molecule has 0 fully saturated rings. The van der Waals surface area contributed by atoms with E-state index in [2.05, 4.69) is 5.32 Å². The molecule has 0 saturated heterocycles. The van der Waals surface area contributed by atoms with Crippen molar-refractivity contribution in [2.75, 3.05) is 18.5 Å². The molecular formula is C20H17N3O5. The lowest BCUT2D eigenvalue weighted by molar-refractivity contribution is -0.384. The zero-order valence-corrected chi connectivity index (χ0v) is 15.3. The van der Waals surface area contributed by atoms with Crippen LogP contribution in [-0.4, -0.2) is 24.0 Å². The number of nitro benzene ring substituents is 1. The molecule has 3 rings (SSSR count). The number of hydrogen-bond donors (Lipinski definition) is 1. The summed E-state index contributed by atoms with van der Waals surface area (Å²) < 4.78 is 10.7. The highest BCUT2D eigenvalue weighted by molar-refractivity contribution is 6.10. The van der Waals surface area contributed by atoms with Gasteiger partial charge in [-0.25, -0.2) is 0 Å².